The molecule has 0 aromatic heterocycles. The van der Waals surface area contributed by atoms with Gasteiger partial charge in [0.05, 0.1) is 13.0 Å². The minimum atomic E-state index is -0.0875. The Labute approximate surface area is 138 Å². The van der Waals surface area contributed by atoms with E-state index >= 15 is 0 Å². The van der Waals surface area contributed by atoms with Gasteiger partial charge in [-0.25, -0.2) is 0 Å². The molecule has 0 bridgehead atoms. The summed E-state index contributed by atoms with van der Waals surface area (Å²) in [7, 11) is 3.27. The lowest BCUT2D eigenvalue weighted by Crippen LogP contribution is -2.46. The predicted octanol–water partition coefficient (Wildman–Crippen LogP) is 2.08. The number of nitrogens with one attached hydrogen (secondary N) is 1. The number of rotatable bonds is 5. The summed E-state index contributed by atoms with van der Waals surface area (Å²) < 4.78 is 4.83. The highest BCUT2D eigenvalue weighted by Gasteiger charge is 2.26. The Morgan fingerprint density at radius 3 is 2.61 bits per heavy atom. The molecule has 0 spiro atoms. The van der Waals surface area contributed by atoms with Gasteiger partial charge in [0.15, 0.2) is 5.96 Å². The molecule has 126 valence electrons. The molecule has 1 saturated heterocycles. The number of benzene rings is 1. The summed E-state index contributed by atoms with van der Waals surface area (Å²) in [4.78, 5) is 18.2. The summed E-state index contributed by atoms with van der Waals surface area (Å²) in [5, 5.41) is 3.43. The van der Waals surface area contributed by atoms with Crippen molar-refractivity contribution < 1.29 is 9.53 Å². The molecule has 5 nitrogen and oxygen atoms in total. The number of aryl methyl sites for hydroxylation is 1. The van der Waals surface area contributed by atoms with Gasteiger partial charge in [-0.2, -0.15) is 0 Å². The van der Waals surface area contributed by atoms with E-state index in [1.165, 1.54) is 12.7 Å². The number of nitrogens with zero attached hydrogens (tertiary/aromatic N) is 2. The van der Waals surface area contributed by atoms with Crippen LogP contribution in [0.5, 0.6) is 0 Å². The highest BCUT2D eigenvalue weighted by Crippen LogP contribution is 2.18. The standard InChI is InChI=1S/C18H27N3O2/c1-19-18(20-12-6-9-15-7-4-3-5-8-15)21-13-10-16(11-14-21)17(22)23-2/h3-5,7-8,16H,6,9-14H2,1-2H3,(H,19,20). The minimum absolute atomic E-state index is 0.0347. The molecule has 1 aromatic rings. The second kappa shape index (κ2) is 9.18. The van der Waals surface area contributed by atoms with E-state index in [0.29, 0.717) is 0 Å². The molecule has 0 unspecified atom stereocenters. The maximum atomic E-state index is 11.6. The van der Waals surface area contributed by atoms with Crippen LogP contribution in [-0.4, -0.2) is 50.6 Å². The Bertz CT molecular complexity index is 508. The third-order valence-corrected chi connectivity index (χ3v) is 4.31. The second-order valence-electron chi connectivity index (χ2n) is 5.85. The van der Waals surface area contributed by atoms with Crippen LogP contribution in [0.3, 0.4) is 0 Å². The van der Waals surface area contributed by atoms with Crippen molar-refractivity contribution in [1.82, 2.24) is 10.2 Å². The van der Waals surface area contributed by atoms with Gasteiger partial charge in [0.1, 0.15) is 0 Å². The van der Waals surface area contributed by atoms with Crippen LogP contribution in [-0.2, 0) is 16.0 Å². The van der Waals surface area contributed by atoms with Gasteiger partial charge in [-0.1, -0.05) is 30.3 Å². The molecule has 1 fully saturated rings. The van der Waals surface area contributed by atoms with E-state index in [1.54, 1.807) is 0 Å². The van der Waals surface area contributed by atoms with Gasteiger partial charge in [0, 0.05) is 26.7 Å². The van der Waals surface area contributed by atoms with Crippen molar-refractivity contribution >= 4 is 11.9 Å². The Morgan fingerprint density at radius 2 is 2.00 bits per heavy atom. The number of hydrogen-bond acceptors (Lipinski definition) is 3. The normalized spacial score (nSPS) is 16.3. The number of piperidine rings is 1. The lowest BCUT2D eigenvalue weighted by molar-refractivity contribution is -0.146. The summed E-state index contributed by atoms with van der Waals surface area (Å²) in [6.45, 7) is 2.59. The molecule has 0 saturated carbocycles. The van der Waals surface area contributed by atoms with Gasteiger partial charge in [-0.05, 0) is 31.2 Å². The van der Waals surface area contributed by atoms with Gasteiger partial charge < -0.3 is 15.0 Å². The average molecular weight is 317 g/mol. The fraction of sp³-hybridized carbons (Fsp3) is 0.556. The first-order valence-electron chi connectivity index (χ1n) is 8.32. The SMILES string of the molecule is CN=C(NCCCc1ccccc1)N1CCC(C(=O)OC)CC1. The zero-order valence-electron chi connectivity index (χ0n) is 14.1. The molecule has 1 heterocycles. The number of aliphatic imine (C=N–C) groups is 1. The van der Waals surface area contributed by atoms with Crippen LogP contribution in [0.4, 0.5) is 0 Å². The summed E-state index contributed by atoms with van der Waals surface area (Å²) in [5.74, 6) is 0.879. The number of likely N-dealkylation sites (tertiary alicyclic amines) is 1. The van der Waals surface area contributed by atoms with E-state index in [4.69, 9.17) is 4.74 Å². The third-order valence-electron chi connectivity index (χ3n) is 4.31. The van der Waals surface area contributed by atoms with E-state index in [9.17, 15) is 4.79 Å². The van der Waals surface area contributed by atoms with E-state index in [0.717, 1.165) is 51.3 Å². The number of hydrogen-bond donors (Lipinski definition) is 1. The van der Waals surface area contributed by atoms with Crippen LogP contribution in [0.1, 0.15) is 24.8 Å². The average Bonchev–Trinajstić information content (AvgIpc) is 2.62. The van der Waals surface area contributed by atoms with Gasteiger partial charge in [-0.3, -0.25) is 9.79 Å². The van der Waals surface area contributed by atoms with Gasteiger partial charge >= 0.3 is 5.97 Å². The van der Waals surface area contributed by atoms with E-state index in [-0.39, 0.29) is 11.9 Å². The number of ether oxygens (including phenoxy) is 1. The van der Waals surface area contributed by atoms with Gasteiger partial charge in [0.2, 0.25) is 0 Å². The first-order chi connectivity index (χ1) is 11.2. The van der Waals surface area contributed by atoms with Crippen molar-refractivity contribution in [3.05, 3.63) is 35.9 Å². The summed E-state index contributed by atoms with van der Waals surface area (Å²) in [5.41, 5.74) is 1.36. The number of methoxy groups -OCH3 is 1. The molecule has 5 heteroatoms. The Hall–Kier alpha value is -2.04. The molecular formula is C18H27N3O2. The molecule has 2 rings (SSSR count). The molecule has 0 atom stereocenters. The maximum absolute atomic E-state index is 11.6. The zero-order valence-corrected chi connectivity index (χ0v) is 14.1. The molecular weight excluding hydrogens is 290 g/mol. The van der Waals surface area contributed by atoms with E-state index in [2.05, 4.69) is 39.5 Å². The van der Waals surface area contributed by atoms with Crippen molar-refractivity contribution in [2.45, 2.75) is 25.7 Å². The van der Waals surface area contributed by atoms with Crippen LogP contribution in [0.2, 0.25) is 0 Å². The quantitative estimate of drug-likeness (QED) is 0.391. The third kappa shape index (κ3) is 5.27. The van der Waals surface area contributed by atoms with Crippen LogP contribution < -0.4 is 5.32 Å². The Balaban J connectivity index is 1.71. The molecule has 1 aliphatic heterocycles. The minimum Gasteiger partial charge on any atom is -0.469 e. The summed E-state index contributed by atoms with van der Waals surface area (Å²) in [6.07, 6.45) is 3.80. The van der Waals surface area contributed by atoms with Crippen molar-refractivity contribution in [2.75, 3.05) is 33.8 Å². The number of carbonyl (C=O) groups excluding carboxylic acids is 1. The second-order valence-corrected chi connectivity index (χ2v) is 5.85. The number of guanidine groups is 1. The lowest BCUT2D eigenvalue weighted by Gasteiger charge is -2.33. The predicted molar refractivity (Wildman–Crippen MR) is 92.4 cm³/mol. The van der Waals surface area contributed by atoms with E-state index < -0.39 is 0 Å². The zero-order chi connectivity index (χ0) is 16.5. The summed E-state index contributed by atoms with van der Waals surface area (Å²) in [6, 6.07) is 10.5. The largest absolute Gasteiger partial charge is 0.469 e. The molecule has 1 N–H and O–H groups in total. The van der Waals surface area contributed by atoms with Gasteiger partial charge in [-0.15, -0.1) is 0 Å². The molecule has 0 aliphatic carbocycles. The molecule has 0 radical (unpaired) electrons. The summed E-state index contributed by atoms with van der Waals surface area (Å²) >= 11 is 0. The topological polar surface area (TPSA) is 53.9 Å². The van der Waals surface area contributed by atoms with Crippen molar-refractivity contribution in [2.24, 2.45) is 10.9 Å². The number of carbonyl (C=O) groups is 1. The van der Waals surface area contributed by atoms with Crippen LogP contribution in [0.15, 0.2) is 35.3 Å². The van der Waals surface area contributed by atoms with Crippen LogP contribution >= 0.6 is 0 Å². The molecule has 1 aliphatic rings. The lowest BCUT2D eigenvalue weighted by atomic mass is 9.97. The first kappa shape index (κ1) is 17.3. The van der Waals surface area contributed by atoms with Crippen molar-refractivity contribution in [3.63, 3.8) is 0 Å². The molecule has 1 aromatic carbocycles. The van der Waals surface area contributed by atoms with Crippen LogP contribution in [0, 0.1) is 5.92 Å². The highest BCUT2D eigenvalue weighted by molar-refractivity contribution is 5.80. The highest BCUT2D eigenvalue weighted by atomic mass is 16.5. The Kier molecular flexibility index (Phi) is 6.91. The monoisotopic (exact) mass is 317 g/mol. The fourth-order valence-electron chi connectivity index (χ4n) is 2.96. The maximum Gasteiger partial charge on any atom is 0.308 e. The molecule has 23 heavy (non-hydrogen) atoms. The van der Waals surface area contributed by atoms with Gasteiger partial charge in [0.25, 0.3) is 0 Å². The van der Waals surface area contributed by atoms with Crippen molar-refractivity contribution in [1.29, 1.82) is 0 Å². The Morgan fingerprint density at radius 1 is 1.30 bits per heavy atom. The first-order valence-corrected chi connectivity index (χ1v) is 8.32. The smallest absolute Gasteiger partial charge is 0.308 e. The van der Waals surface area contributed by atoms with E-state index in [1.807, 2.05) is 13.1 Å². The fourth-order valence-corrected chi connectivity index (χ4v) is 2.96. The van der Waals surface area contributed by atoms with Crippen molar-refractivity contribution in [3.8, 4) is 0 Å². The molecule has 0 amide bonds. The van der Waals surface area contributed by atoms with Crippen LogP contribution in [0.25, 0.3) is 0 Å². The number of esters is 1.